The number of hydrogen-bond acceptors (Lipinski definition) is 3. The Morgan fingerprint density at radius 3 is 2.81 bits per heavy atom. The van der Waals surface area contributed by atoms with E-state index in [9.17, 15) is 0 Å². The Morgan fingerprint density at radius 2 is 2.10 bits per heavy atom. The topological polar surface area (TPSA) is 44.5 Å². The van der Waals surface area contributed by atoms with Crippen LogP contribution in [0.4, 0.5) is 0 Å². The molecule has 1 heterocycles. The summed E-state index contributed by atoms with van der Waals surface area (Å²) in [5.74, 6) is 0.744. The normalized spacial score (nSPS) is 23.8. The van der Waals surface area contributed by atoms with Gasteiger partial charge < -0.3 is 15.2 Å². The maximum Gasteiger partial charge on any atom is 0.138 e. The van der Waals surface area contributed by atoms with Gasteiger partial charge in [0.25, 0.3) is 0 Å². The fourth-order valence-electron chi connectivity index (χ4n) is 3.57. The zero-order chi connectivity index (χ0) is 14.7. The summed E-state index contributed by atoms with van der Waals surface area (Å²) < 4.78 is 12.1. The number of ether oxygens (including phenoxy) is 2. The molecular formula is C17H24ClNO2. The fourth-order valence-corrected chi connectivity index (χ4v) is 3.82. The molecule has 0 bridgehead atoms. The molecule has 3 nitrogen and oxygen atoms in total. The summed E-state index contributed by atoms with van der Waals surface area (Å²) in [4.78, 5) is 0. The van der Waals surface area contributed by atoms with Crippen molar-refractivity contribution in [3.05, 3.63) is 28.8 Å². The van der Waals surface area contributed by atoms with Crippen molar-refractivity contribution in [2.45, 2.75) is 56.7 Å². The average molecular weight is 310 g/mol. The van der Waals surface area contributed by atoms with Gasteiger partial charge >= 0.3 is 0 Å². The highest BCUT2D eigenvalue weighted by Crippen LogP contribution is 2.43. The molecule has 21 heavy (non-hydrogen) atoms. The summed E-state index contributed by atoms with van der Waals surface area (Å²) in [6, 6.07) is 5.91. The third-order valence-corrected chi connectivity index (χ3v) is 5.00. The molecule has 1 saturated heterocycles. The molecule has 1 aromatic carbocycles. The van der Waals surface area contributed by atoms with E-state index in [4.69, 9.17) is 26.8 Å². The molecule has 0 radical (unpaired) electrons. The van der Waals surface area contributed by atoms with E-state index in [2.05, 4.69) is 0 Å². The molecule has 1 aliphatic heterocycles. The van der Waals surface area contributed by atoms with E-state index in [1.165, 1.54) is 32.1 Å². The summed E-state index contributed by atoms with van der Waals surface area (Å²) in [5.41, 5.74) is 6.88. The Labute approximate surface area is 131 Å². The standard InChI is InChI=1S/C17H24ClNO2/c18-15-11-13(6-10-19)3-4-16(15)20-12-14-5-9-17(21-14)7-1-2-8-17/h3-4,11,14H,1-2,5-10,12,19H2. The number of halogens is 1. The lowest BCUT2D eigenvalue weighted by Gasteiger charge is -2.23. The maximum absolute atomic E-state index is 6.26. The second kappa shape index (κ2) is 6.55. The highest BCUT2D eigenvalue weighted by atomic mass is 35.5. The van der Waals surface area contributed by atoms with E-state index in [-0.39, 0.29) is 11.7 Å². The predicted molar refractivity (Wildman–Crippen MR) is 85.0 cm³/mol. The second-order valence-electron chi connectivity index (χ2n) is 6.28. The largest absolute Gasteiger partial charge is 0.489 e. The second-order valence-corrected chi connectivity index (χ2v) is 6.69. The highest BCUT2D eigenvalue weighted by molar-refractivity contribution is 6.32. The number of rotatable bonds is 5. The first-order valence-electron chi connectivity index (χ1n) is 8.00. The van der Waals surface area contributed by atoms with Crippen LogP contribution in [-0.2, 0) is 11.2 Å². The van der Waals surface area contributed by atoms with E-state index in [1.807, 2.05) is 18.2 Å². The number of nitrogens with two attached hydrogens (primary N) is 1. The Hall–Kier alpha value is -0.770. The Balaban J connectivity index is 1.53. The summed E-state index contributed by atoms with van der Waals surface area (Å²) >= 11 is 6.26. The quantitative estimate of drug-likeness (QED) is 0.901. The molecule has 3 rings (SSSR count). The molecule has 1 atom stereocenters. The SMILES string of the molecule is NCCc1ccc(OCC2CCC3(CCCC3)O2)c(Cl)c1. The Morgan fingerprint density at radius 1 is 1.29 bits per heavy atom. The van der Waals surface area contributed by atoms with Crippen molar-refractivity contribution in [1.82, 2.24) is 0 Å². The van der Waals surface area contributed by atoms with Gasteiger partial charge in [-0.05, 0) is 56.3 Å². The van der Waals surface area contributed by atoms with Crippen molar-refractivity contribution in [1.29, 1.82) is 0 Å². The van der Waals surface area contributed by atoms with Gasteiger partial charge in [-0.25, -0.2) is 0 Å². The molecule has 1 saturated carbocycles. The minimum Gasteiger partial charge on any atom is -0.489 e. The molecule has 2 aliphatic rings. The van der Waals surface area contributed by atoms with Crippen LogP contribution in [0.1, 0.15) is 44.1 Å². The van der Waals surface area contributed by atoms with Gasteiger partial charge in [0.15, 0.2) is 0 Å². The van der Waals surface area contributed by atoms with Crippen molar-refractivity contribution in [3.8, 4) is 5.75 Å². The van der Waals surface area contributed by atoms with Crippen LogP contribution in [-0.4, -0.2) is 24.9 Å². The van der Waals surface area contributed by atoms with E-state index in [0.29, 0.717) is 18.2 Å². The molecule has 1 aliphatic carbocycles. The molecule has 0 aromatic heterocycles. The third-order valence-electron chi connectivity index (χ3n) is 4.71. The molecule has 1 spiro atoms. The number of benzene rings is 1. The van der Waals surface area contributed by atoms with Crippen LogP contribution in [0.3, 0.4) is 0 Å². The molecule has 116 valence electrons. The van der Waals surface area contributed by atoms with Crippen molar-refractivity contribution < 1.29 is 9.47 Å². The number of hydrogen-bond donors (Lipinski definition) is 1. The summed E-state index contributed by atoms with van der Waals surface area (Å²) in [7, 11) is 0. The van der Waals surface area contributed by atoms with Gasteiger partial charge in [-0.3, -0.25) is 0 Å². The maximum atomic E-state index is 6.26. The van der Waals surface area contributed by atoms with Crippen LogP contribution in [0.5, 0.6) is 5.75 Å². The van der Waals surface area contributed by atoms with Gasteiger partial charge in [0.2, 0.25) is 0 Å². The van der Waals surface area contributed by atoms with Crippen LogP contribution in [0.15, 0.2) is 18.2 Å². The van der Waals surface area contributed by atoms with Crippen molar-refractivity contribution in [2.75, 3.05) is 13.2 Å². The summed E-state index contributed by atoms with van der Waals surface area (Å²) in [6.07, 6.45) is 8.39. The molecule has 4 heteroatoms. The first-order valence-corrected chi connectivity index (χ1v) is 8.38. The zero-order valence-electron chi connectivity index (χ0n) is 12.4. The van der Waals surface area contributed by atoms with Gasteiger partial charge in [0, 0.05) is 0 Å². The lowest BCUT2D eigenvalue weighted by atomic mass is 9.98. The molecule has 2 N–H and O–H groups in total. The van der Waals surface area contributed by atoms with E-state index in [0.717, 1.165) is 24.2 Å². The zero-order valence-corrected chi connectivity index (χ0v) is 13.2. The van der Waals surface area contributed by atoms with Gasteiger partial charge in [-0.15, -0.1) is 0 Å². The van der Waals surface area contributed by atoms with Crippen molar-refractivity contribution >= 4 is 11.6 Å². The van der Waals surface area contributed by atoms with Crippen LogP contribution >= 0.6 is 11.6 Å². The van der Waals surface area contributed by atoms with Crippen molar-refractivity contribution in [2.24, 2.45) is 5.73 Å². The summed E-state index contributed by atoms with van der Waals surface area (Å²) in [6.45, 7) is 1.23. The van der Waals surface area contributed by atoms with E-state index in [1.54, 1.807) is 0 Å². The average Bonchev–Trinajstić information content (AvgIpc) is 3.09. The monoisotopic (exact) mass is 309 g/mol. The summed E-state index contributed by atoms with van der Waals surface area (Å²) in [5, 5.41) is 0.662. The lowest BCUT2D eigenvalue weighted by Crippen LogP contribution is -2.27. The van der Waals surface area contributed by atoms with Gasteiger partial charge in [-0.2, -0.15) is 0 Å². The first-order chi connectivity index (χ1) is 10.2. The van der Waals surface area contributed by atoms with E-state index >= 15 is 0 Å². The van der Waals surface area contributed by atoms with Crippen LogP contribution in [0, 0.1) is 0 Å². The minimum atomic E-state index is 0.169. The van der Waals surface area contributed by atoms with Gasteiger partial charge in [0.05, 0.1) is 16.7 Å². The predicted octanol–water partition coefficient (Wildman–Crippen LogP) is 3.71. The fraction of sp³-hybridized carbons (Fsp3) is 0.647. The minimum absolute atomic E-state index is 0.169. The Bertz CT molecular complexity index is 486. The molecule has 1 unspecified atom stereocenters. The van der Waals surface area contributed by atoms with Crippen molar-refractivity contribution in [3.63, 3.8) is 0 Å². The highest BCUT2D eigenvalue weighted by Gasteiger charge is 2.42. The molecule has 0 amide bonds. The smallest absolute Gasteiger partial charge is 0.138 e. The lowest BCUT2D eigenvalue weighted by molar-refractivity contribution is -0.0508. The molecular weight excluding hydrogens is 286 g/mol. The van der Waals surface area contributed by atoms with Crippen LogP contribution < -0.4 is 10.5 Å². The third kappa shape index (κ3) is 3.53. The molecule has 2 fully saturated rings. The van der Waals surface area contributed by atoms with Gasteiger partial charge in [-0.1, -0.05) is 30.5 Å². The van der Waals surface area contributed by atoms with Gasteiger partial charge in [0.1, 0.15) is 12.4 Å². The van der Waals surface area contributed by atoms with Crippen LogP contribution in [0.2, 0.25) is 5.02 Å². The molecule has 1 aromatic rings. The van der Waals surface area contributed by atoms with Crippen LogP contribution in [0.25, 0.3) is 0 Å². The van der Waals surface area contributed by atoms with E-state index < -0.39 is 0 Å². The Kier molecular flexibility index (Phi) is 4.72. The first kappa shape index (κ1) is 15.1.